The Morgan fingerprint density at radius 3 is 2.50 bits per heavy atom. The normalized spacial score (nSPS) is 11.3. The van der Waals surface area contributed by atoms with Crippen molar-refractivity contribution in [3.63, 3.8) is 0 Å². The van der Waals surface area contributed by atoms with Crippen LogP contribution in [-0.4, -0.2) is 20.9 Å². The first kappa shape index (κ1) is 12.4. The Hall–Kier alpha value is -2.07. The molecule has 2 heterocycles. The summed E-state index contributed by atoms with van der Waals surface area (Å²) in [6.07, 6.45) is 4.64. The summed E-state index contributed by atoms with van der Waals surface area (Å²) < 4.78 is 0. The van der Waals surface area contributed by atoms with Gasteiger partial charge in [0.25, 0.3) is 0 Å². The standard InChI is InChI=1S/C14H14N2O2/c1-14(2,18)11-5-6-12(16-9-11)13(17)10-4-3-7-15-8-10/h3-9,18H,1-2H3. The quantitative estimate of drug-likeness (QED) is 0.835. The summed E-state index contributed by atoms with van der Waals surface area (Å²) in [7, 11) is 0. The molecule has 18 heavy (non-hydrogen) atoms. The summed E-state index contributed by atoms with van der Waals surface area (Å²) in [6.45, 7) is 3.35. The fourth-order valence-electron chi connectivity index (χ4n) is 1.54. The third-order valence-corrected chi connectivity index (χ3v) is 2.63. The lowest BCUT2D eigenvalue weighted by Gasteiger charge is -2.17. The van der Waals surface area contributed by atoms with Gasteiger partial charge < -0.3 is 5.11 Å². The highest BCUT2D eigenvalue weighted by atomic mass is 16.3. The topological polar surface area (TPSA) is 63.1 Å². The van der Waals surface area contributed by atoms with Gasteiger partial charge in [-0.1, -0.05) is 6.07 Å². The molecule has 1 N–H and O–H groups in total. The van der Waals surface area contributed by atoms with E-state index in [0.717, 1.165) is 0 Å². The molecule has 92 valence electrons. The van der Waals surface area contributed by atoms with Gasteiger partial charge in [0.2, 0.25) is 5.78 Å². The van der Waals surface area contributed by atoms with Crippen LogP contribution in [-0.2, 0) is 5.60 Å². The summed E-state index contributed by atoms with van der Waals surface area (Å²) >= 11 is 0. The Kier molecular flexibility index (Phi) is 3.21. The third-order valence-electron chi connectivity index (χ3n) is 2.63. The molecule has 0 aliphatic heterocycles. The minimum Gasteiger partial charge on any atom is -0.386 e. The third kappa shape index (κ3) is 2.60. The zero-order valence-electron chi connectivity index (χ0n) is 10.3. The van der Waals surface area contributed by atoms with Crippen LogP contribution in [0.15, 0.2) is 42.9 Å². The summed E-state index contributed by atoms with van der Waals surface area (Å²) in [5.74, 6) is -0.176. The lowest BCUT2D eigenvalue weighted by Crippen LogP contribution is -2.16. The van der Waals surface area contributed by atoms with Gasteiger partial charge in [-0.05, 0) is 32.0 Å². The van der Waals surface area contributed by atoms with Gasteiger partial charge in [-0.3, -0.25) is 14.8 Å². The van der Waals surface area contributed by atoms with Gasteiger partial charge in [-0.2, -0.15) is 0 Å². The Bertz CT molecular complexity index is 542. The van der Waals surface area contributed by atoms with Crippen LogP contribution in [0.1, 0.15) is 35.5 Å². The maximum absolute atomic E-state index is 12.0. The SMILES string of the molecule is CC(C)(O)c1ccc(C(=O)c2cccnc2)nc1. The molecule has 2 rings (SSSR count). The molecule has 0 radical (unpaired) electrons. The van der Waals surface area contributed by atoms with E-state index in [9.17, 15) is 9.90 Å². The zero-order chi connectivity index (χ0) is 13.2. The van der Waals surface area contributed by atoms with E-state index in [4.69, 9.17) is 0 Å². The smallest absolute Gasteiger partial charge is 0.212 e. The van der Waals surface area contributed by atoms with Gasteiger partial charge in [0.15, 0.2) is 0 Å². The van der Waals surface area contributed by atoms with E-state index in [1.165, 1.54) is 12.4 Å². The Morgan fingerprint density at radius 1 is 1.22 bits per heavy atom. The molecule has 0 bridgehead atoms. The summed E-state index contributed by atoms with van der Waals surface area (Å²) in [5.41, 5.74) is 0.560. The predicted molar refractivity (Wildman–Crippen MR) is 67.2 cm³/mol. The maximum atomic E-state index is 12.0. The van der Waals surface area contributed by atoms with Crippen LogP contribution < -0.4 is 0 Å². The molecule has 0 aromatic carbocycles. The number of carbonyl (C=O) groups excluding carboxylic acids is 1. The second-order valence-electron chi connectivity index (χ2n) is 4.56. The van der Waals surface area contributed by atoms with Crippen LogP contribution in [0.3, 0.4) is 0 Å². The van der Waals surface area contributed by atoms with Crippen molar-refractivity contribution in [1.82, 2.24) is 9.97 Å². The Labute approximate surface area is 105 Å². The molecule has 0 saturated carbocycles. The monoisotopic (exact) mass is 242 g/mol. The summed E-state index contributed by atoms with van der Waals surface area (Å²) in [6, 6.07) is 6.72. The fourth-order valence-corrected chi connectivity index (χ4v) is 1.54. The molecule has 0 fully saturated rings. The number of aromatic nitrogens is 2. The highest BCUT2D eigenvalue weighted by Crippen LogP contribution is 2.18. The largest absolute Gasteiger partial charge is 0.386 e. The van der Waals surface area contributed by atoms with E-state index < -0.39 is 5.60 Å². The van der Waals surface area contributed by atoms with Gasteiger partial charge in [0.1, 0.15) is 5.69 Å². The Morgan fingerprint density at radius 2 is 2.00 bits per heavy atom. The number of hydrogen-bond acceptors (Lipinski definition) is 4. The lowest BCUT2D eigenvalue weighted by atomic mass is 9.99. The zero-order valence-corrected chi connectivity index (χ0v) is 10.3. The minimum absolute atomic E-state index is 0.176. The van der Waals surface area contributed by atoms with E-state index in [1.54, 1.807) is 44.3 Å². The number of aliphatic hydroxyl groups is 1. The van der Waals surface area contributed by atoms with Crippen LogP contribution in [0.5, 0.6) is 0 Å². The van der Waals surface area contributed by atoms with Crippen molar-refractivity contribution in [2.75, 3.05) is 0 Å². The molecule has 4 nitrogen and oxygen atoms in total. The second-order valence-corrected chi connectivity index (χ2v) is 4.56. The molecule has 0 spiro atoms. The van der Waals surface area contributed by atoms with Gasteiger partial charge >= 0.3 is 0 Å². The lowest BCUT2D eigenvalue weighted by molar-refractivity contribution is 0.0780. The predicted octanol–water partition coefficient (Wildman–Crippen LogP) is 1.93. The number of hydrogen-bond donors (Lipinski definition) is 1. The van der Waals surface area contributed by atoms with Gasteiger partial charge in [-0.25, -0.2) is 0 Å². The van der Waals surface area contributed by atoms with Crippen LogP contribution >= 0.6 is 0 Å². The molecule has 2 aromatic heterocycles. The minimum atomic E-state index is -0.955. The molecular formula is C14H14N2O2. The molecule has 0 aliphatic rings. The highest BCUT2D eigenvalue weighted by molar-refractivity contribution is 6.07. The second kappa shape index (κ2) is 4.66. The highest BCUT2D eigenvalue weighted by Gasteiger charge is 2.17. The first-order valence-electron chi connectivity index (χ1n) is 5.62. The van der Waals surface area contributed by atoms with Crippen LogP contribution in [0.2, 0.25) is 0 Å². The van der Waals surface area contributed by atoms with Crippen LogP contribution in [0, 0.1) is 0 Å². The van der Waals surface area contributed by atoms with Crippen molar-refractivity contribution in [1.29, 1.82) is 0 Å². The molecule has 0 unspecified atom stereocenters. The van der Waals surface area contributed by atoms with E-state index in [1.807, 2.05) is 0 Å². The molecule has 0 atom stereocenters. The van der Waals surface area contributed by atoms with E-state index in [2.05, 4.69) is 9.97 Å². The fraction of sp³-hybridized carbons (Fsp3) is 0.214. The van der Waals surface area contributed by atoms with E-state index in [0.29, 0.717) is 16.8 Å². The first-order valence-corrected chi connectivity index (χ1v) is 5.62. The number of rotatable bonds is 3. The molecular weight excluding hydrogens is 228 g/mol. The van der Waals surface area contributed by atoms with Crippen molar-refractivity contribution < 1.29 is 9.90 Å². The number of carbonyl (C=O) groups is 1. The Balaban J connectivity index is 2.28. The molecule has 0 aliphatic carbocycles. The average Bonchev–Trinajstić information content (AvgIpc) is 2.38. The molecule has 2 aromatic rings. The number of nitrogens with zero attached hydrogens (tertiary/aromatic N) is 2. The first-order chi connectivity index (χ1) is 8.48. The van der Waals surface area contributed by atoms with Gasteiger partial charge in [-0.15, -0.1) is 0 Å². The van der Waals surface area contributed by atoms with Crippen molar-refractivity contribution in [3.05, 3.63) is 59.7 Å². The van der Waals surface area contributed by atoms with E-state index >= 15 is 0 Å². The average molecular weight is 242 g/mol. The maximum Gasteiger partial charge on any atom is 0.212 e. The van der Waals surface area contributed by atoms with Crippen molar-refractivity contribution in [2.24, 2.45) is 0 Å². The van der Waals surface area contributed by atoms with Crippen LogP contribution in [0.25, 0.3) is 0 Å². The van der Waals surface area contributed by atoms with Crippen molar-refractivity contribution in [3.8, 4) is 0 Å². The van der Waals surface area contributed by atoms with Gasteiger partial charge in [0, 0.05) is 29.7 Å². The van der Waals surface area contributed by atoms with Crippen molar-refractivity contribution in [2.45, 2.75) is 19.4 Å². The van der Waals surface area contributed by atoms with Crippen LogP contribution in [0.4, 0.5) is 0 Å². The molecule has 0 amide bonds. The van der Waals surface area contributed by atoms with E-state index in [-0.39, 0.29) is 5.78 Å². The van der Waals surface area contributed by atoms with Crippen molar-refractivity contribution >= 4 is 5.78 Å². The summed E-state index contributed by atoms with van der Waals surface area (Å²) in [5, 5.41) is 9.80. The van der Waals surface area contributed by atoms with Gasteiger partial charge in [0.05, 0.1) is 5.60 Å². The molecule has 0 saturated heterocycles. The summed E-state index contributed by atoms with van der Waals surface area (Å²) in [4.78, 5) is 20.0. The number of pyridine rings is 2. The number of ketones is 1. The molecule has 4 heteroatoms.